The molecule has 0 fully saturated rings. The van der Waals surface area contributed by atoms with Crippen molar-refractivity contribution in [1.82, 2.24) is 0 Å². The van der Waals surface area contributed by atoms with Crippen LogP contribution in [-0.2, 0) is 35.0 Å². The van der Waals surface area contributed by atoms with Crippen LogP contribution < -0.4 is 15.2 Å². The van der Waals surface area contributed by atoms with Crippen LogP contribution in [0.1, 0.15) is 86.6 Å². The van der Waals surface area contributed by atoms with Gasteiger partial charge < -0.3 is 29.4 Å². The van der Waals surface area contributed by atoms with Crippen molar-refractivity contribution in [2.45, 2.75) is 99.6 Å². The lowest BCUT2D eigenvalue weighted by Gasteiger charge is -2.20. The van der Waals surface area contributed by atoms with Gasteiger partial charge in [0.05, 0.1) is 19.4 Å². The molecule has 2 N–H and O–H groups in total. The number of benzene rings is 1. The molecule has 1 aromatic carbocycles. The standard InChI is InChI=1S/C29H45NO9/c1-9-10-13-35-27(34)37-19(2)18-36-26(33)21(30)14-20-11-12-22(38-24(31)16-28(3,4)5)23(15-20)39-25(32)17-29(6,7)8/h11-12,15,19,21H,9-10,13-14,16-18,30H2,1-8H3/t19-,21-/m0/s1. The predicted molar refractivity (Wildman–Crippen MR) is 145 cm³/mol. The highest BCUT2D eigenvalue weighted by molar-refractivity contribution is 5.78. The van der Waals surface area contributed by atoms with Crippen molar-refractivity contribution in [3.8, 4) is 11.5 Å². The zero-order chi connectivity index (χ0) is 29.8. The molecule has 2 atom stereocenters. The van der Waals surface area contributed by atoms with Gasteiger partial charge in [0, 0.05) is 0 Å². The smallest absolute Gasteiger partial charge is 0.461 e. The summed E-state index contributed by atoms with van der Waals surface area (Å²) in [6.45, 7) is 15.1. The summed E-state index contributed by atoms with van der Waals surface area (Å²) < 4.78 is 26.2. The van der Waals surface area contributed by atoms with Gasteiger partial charge >= 0.3 is 24.1 Å². The van der Waals surface area contributed by atoms with Crippen LogP contribution in [0.25, 0.3) is 0 Å². The van der Waals surface area contributed by atoms with Gasteiger partial charge in [-0.3, -0.25) is 14.4 Å². The summed E-state index contributed by atoms with van der Waals surface area (Å²) >= 11 is 0. The summed E-state index contributed by atoms with van der Waals surface area (Å²) in [5.74, 6) is -1.49. The van der Waals surface area contributed by atoms with E-state index >= 15 is 0 Å². The van der Waals surface area contributed by atoms with E-state index in [0.717, 1.165) is 12.8 Å². The first-order valence-corrected chi connectivity index (χ1v) is 13.3. The molecule has 1 aromatic rings. The fourth-order valence-electron chi connectivity index (χ4n) is 3.20. The summed E-state index contributed by atoms with van der Waals surface area (Å²) in [5.41, 5.74) is 6.01. The second-order valence-electron chi connectivity index (χ2n) is 12.0. The molecule has 0 aromatic heterocycles. The first-order valence-electron chi connectivity index (χ1n) is 13.3. The molecule has 0 amide bonds. The van der Waals surface area contributed by atoms with Crippen LogP contribution in [0.3, 0.4) is 0 Å². The molecule has 0 heterocycles. The number of esters is 3. The number of carbonyl (C=O) groups excluding carboxylic acids is 4. The molecular formula is C29H45NO9. The van der Waals surface area contributed by atoms with Crippen LogP contribution in [0.4, 0.5) is 4.79 Å². The van der Waals surface area contributed by atoms with E-state index in [1.165, 1.54) is 12.1 Å². The Morgan fingerprint density at radius 1 is 0.872 bits per heavy atom. The van der Waals surface area contributed by atoms with Crippen LogP contribution in [0, 0.1) is 10.8 Å². The minimum absolute atomic E-state index is 0.0627. The van der Waals surface area contributed by atoms with E-state index in [2.05, 4.69) is 0 Å². The quantitative estimate of drug-likeness (QED) is 0.199. The Balaban J connectivity index is 2.86. The van der Waals surface area contributed by atoms with Crippen LogP contribution in [0.5, 0.6) is 11.5 Å². The van der Waals surface area contributed by atoms with Gasteiger partial charge in [-0.1, -0.05) is 61.0 Å². The lowest BCUT2D eigenvalue weighted by Crippen LogP contribution is -2.36. The van der Waals surface area contributed by atoms with E-state index in [1.807, 2.05) is 48.5 Å². The summed E-state index contributed by atoms with van der Waals surface area (Å²) in [6, 6.07) is 3.62. The van der Waals surface area contributed by atoms with Gasteiger partial charge in [-0.2, -0.15) is 0 Å². The molecule has 0 spiro atoms. The van der Waals surface area contributed by atoms with Crippen molar-refractivity contribution >= 4 is 24.1 Å². The van der Waals surface area contributed by atoms with E-state index in [-0.39, 0.29) is 54.8 Å². The average Bonchev–Trinajstić information content (AvgIpc) is 2.76. The summed E-state index contributed by atoms with van der Waals surface area (Å²) in [4.78, 5) is 49.0. The lowest BCUT2D eigenvalue weighted by atomic mass is 9.92. The van der Waals surface area contributed by atoms with Crippen molar-refractivity contribution in [3.05, 3.63) is 23.8 Å². The molecular weight excluding hydrogens is 506 g/mol. The molecule has 0 bridgehead atoms. The molecule has 0 aliphatic rings. The molecule has 10 heteroatoms. The van der Waals surface area contributed by atoms with Crippen LogP contribution in [0.2, 0.25) is 0 Å². The Morgan fingerprint density at radius 3 is 1.97 bits per heavy atom. The Labute approximate surface area is 231 Å². The number of unbranched alkanes of at least 4 members (excludes halogenated alkanes) is 1. The maximum atomic E-state index is 12.5. The highest BCUT2D eigenvalue weighted by Crippen LogP contribution is 2.32. The molecule has 220 valence electrons. The Kier molecular flexibility index (Phi) is 13.4. The van der Waals surface area contributed by atoms with Crippen LogP contribution in [-0.4, -0.2) is 49.4 Å². The zero-order valence-electron chi connectivity index (χ0n) is 24.6. The number of hydrogen-bond acceptors (Lipinski definition) is 10. The Hall–Kier alpha value is -3.14. The van der Waals surface area contributed by atoms with Gasteiger partial charge in [-0.05, 0) is 48.3 Å². The number of rotatable bonds is 13. The van der Waals surface area contributed by atoms with Crippen LogP contribution in [0.15, 0.2) is 18.2 Å². The van der Waals surface area contributed by atoms with Gasteiger partial charge in [-0.25, -0.2) is 4.79 Å². The molecule has 10 nitrogen and oxygen atoms in total. The van der Waals surface area contributed by atoms with E-state index in [9.17, 15) is 19.2 Å². The lowest BCUT2D eigenvalue weighted by molar-refractivity contribution is -0.148. The van der Waals surface area contributed by atoms with Gasteiger partial charge in [0.2, 0.25) is 0 Å². The maximum Gasteiger partial charge on any atom is 0.508 e. The first kappa shape index (κ1) is 33.9. The summed E-state index contributed by atoms with van der Waals surface area (Å²) in [5, 5.41) is 0. The minimum atomic E-state index is -1.04. The minimum Gasteiger partial charge on any atom is -0.461 e. The van der Waals surface area contributed by atoms with E-state index < -0.39 is 36.2 Å². The van der Waals surface area contributed by atoms with E-state index in [4.69, 9.17) is 29.4 Å². The molecule has 0 aliphatic heterocycles. The monoisotopic (exact) mass is 551 g/mol. The van der Waals surface area contributed by atoms with Gasteiger partial charge in [-0.15, -0.1) is 0 Å². The average molecular weight is 552 g/mol. The normalized spacial score (nSPS) is 13.2. The molecule has 0 aliphatic carbocycles. The summed E-state index contributed by atoms with van der Waals surface area (Å²) in [6.07, 6.45) is 0.437. The third-order valence-corrected chi connectivity index (χ3v) is 5.04. The van der Waals surface area contributed by atoms with E-state index in [0.29, 0.717) is 5.56 Å². The van der Waals surface area contributed by atoms with Gasteiger partial charge in [0.1, 0.15) is 18.8 Å². The molecule has 0 radical (unpaired) electrons. The molecule has 1 rings (SSSR count). The highest BCUT2D eigenvalue weighted by atomic mass is 16.7. The maximum absolute atomic E-state index is 12.5. The second kappa shape index (κ2) is 15.5. The third kappa shape index (κ3) is 15.1. The zero-order valence-corrected chi connectivity index (χ0v) is 24.6. The molecule has 39 heavy (non-hydrogen) atoms. The van der Waals surface area contributed by atoms with Crippen molar-refractivity contribution in [3.63, 3.8) is 0 Å². The Morgan fingerprint density at radius 2 is 1.44 bits per heavy atom. The van der Waals surface area contributed by atoms with Crippen molar-refractivity contribution in [1.29, 1.82) is 0 Å². The fraction of sp³-hybridized carbons (Fsp3) is 0.655. The first-order chi connectivity index (χ1) is 18.0. The van der Waals surface area contributed by atoms with Crippen molar-refractivity contribution < 1.29 is 42.9 Å². The molecule has 0 saturated heterocycles. The Bertz CT molecular complexity index is 976. The van der Waals surface area contributed by atoms with Crippen LogP contribution >= 0.6 is 0 Å². The molecule has 0 unspecified atom stereocenters. The topological polar surface area (TPSA) is 140 Å². The number of nitrogens with two attached hydrogens (primary N) is 1. The summed E-state index contributed by atoms with van der Waals surface area (Å²) in [7, 11) is 0. The largest absolute Gasteiger partial charge is 0.508 e. The SMILES string of the molecule is CCCCOC(=O)O[C@@H](C)COC(=O)[C@@H](N)Cc1ccc(OC(=O)CC(C)(C)C)c(OC(=O)CC(C)(C)C)c1. The van der Waals surface area contributed by atoms with Crippen molar-refractivity contribution in [2.24, 2.45) is 16.6 Å². The fourth-order valence-corrected chi connectivity index (χ4v) is 3.20. The third-order valence-electron chi connectivity index (χ3n) is 5.04. The highest BCUT2D eigenvalue weighted by Gasteiger charge is 2.24. The predicted octanol–water partition coefficient (Wildman–Crippen LogP) is 5.12. The number of hydrogen-bond donors (Lipinski definition) is 1. The van der Waals surface area contributed by atoms with Gasteiger partial charge in [0.15, 0.2) is 11.5 Å². The second-order valence-corrected chi connectivity index (χ2v) is 12.0. The number of carbonyl (C=O) groups is 4. The van der Waals surface area contributed by atoms with Gasteiger partial charge in [0.25, 0.3) is 0 Å². The van der Waals surface area contributed by atoms with E-state index in [1.54, 1.807) is 13.0 Å². The number of ether oxygens (including phenoxy) is 5. The molecule has 0 saturated carbocycles. The van der Waals surface area contributed by atoms with Crippen molar-refractivity contribution in [2.75, 3.05) is 13.2 Å².